The molecule has 0 saturated carbocycles. The summed E-state index contributed by atoms with van der Waals surface area (Å²) in [6, 6.07) is 7.01. The fourth-order valence-electron chi connectivity index (χ4n) is 1.99. The van der Waals surface area contributed by atoms with E-state index in [1.807, 2.05) is 19.1 Å². The normalized spacial score (nSPS) is 13.3. The second-order valence-corrected chi connectivity index (χ2v) is 7.73. The van der Waals surface area contributed by atoms with Crippen LogP contribution in [0.25, 0.3) is 0 Å². The van der Waals surface area contributed by atoms with Gasteiger partial charge in [0.25, 0.3) is 0 Å². The molecule has 5 heteroatoms. The number of sulfonamides is 1. The molecule has 1 aromatic carbocycles. The second-order valence-electron chi connectivity index (χ2n) is 5.13. The fourth-order valence-corrected chi connectivity index (χ4v) is 4.22. The van der Waals surface area contributed by atoms with E-state index >= 15 is 0 Å². The molecule has 20 heavy (non-hydrogen) atoms. The molecule has 0 aliphatic rings. The Bertz CT molecular complexity index is 485. The summed E-state index contributed by atoms with van der Waals surface area (Å²) in [5.74, 6) is 0. The van der Waals surface area contributed by atoms with Crippen LogP contribution >= 0.6 is 22.6 Å². The zero-order valence-electron chi connectivity index (χ0n) is 12.2. The predicted octanol–water partition coefficient (Wildman–Crippen LogP) is 4.05. The lowest BCUT2D eigenvalue weighted by Gasteiger charge is -2.16. The number of aryl methyl sites for hydroxylation is 1. The van der Waals surface area contributed by atoms with Crippen LogP contribution in [0.4, 0.5) is 0 Å². The molecule has 1 atom stereocenters. The van der Waals surface area contributed by atoms with Crippen LogP contribution in [-0.2, 0) is 10.0 Å². The largest absolute Gasteiger partial charge is 0.240 e. The van der Waals surface area contributed by atoms with Crippen molar-refractivity contribution in [3.05, 3.63) is 29.8 Å². The van der Waals surface area contributed by atoms with Gasteiger partial charge in [0.2, 0.25) is 10.0 Å². The second kappa shape index (κ2) is 9.00. The topological polar surface area (TPSA) is 46.2 Å². The maximum Gasteiger partial charge on any atom is 0.240 e. The summed E-state index contributed by atoms with van der Waals surface area (Å²) in [7, 11) is -3.39. The Labute approximate surface area is 136 Å². The van der Waals surface area contributed by atoms with Crippen LogP contribution in [0.5, 0.6) is 0 Å². The zero-order valence-corrected chi connectivity index (χ0v) is 15.2. The van der Waals surface area contributed by atoms with E-state index in [-0.39, 0.29) is 6.04 Å². The number of hydrogen-bond donors (Lipinski definition) is 1. The highest BCUT2D eigenvalue weighted by molar-refractivity contribution is 14.1. The van der Waals surface area contributed by atoms with E-state index in [9.17, 15) is 8.42 Å². The monoisotopic (exact) mass is 409 g/mol. The molecule has 3 nitrogen and oxygen atoms in total. The number of alkyl halides is 1. The fraction of sp³-hybridized carbons (Fsp3) is 0.600. The summed E-state index contributed by atoms with van der Waals surface area (Å²) in [6.07, 6.45) is 5.59. The third kappa shape index (κ3) is 6.10. The van der Waals surface area contributed by atoms with Crippen LogP contribution in [0.1, 0.15) is 44.6 Å². The van der Waals surface area contributed by atoms with Gasteiger partial charge in [0.05, 0.1) is 4.90 Å². The van der Waals surface area contributed by atoms with Gasteiger partial charge in [-0.25, -0.2) is 13.1 Å². The highest BCUT2D eigenvalue weighted by Gasteiger charge is 2.18. The van der Waals surface area contributed by atoms with Crippen LogP contribution in [0.15, 0.2) is 29.2 Å². The molecule has 0 radical (unpaired) electrons. The molecule has 0 amide bonds. The van der Waals surface area contributed by atoms with Crippen molar-refractivity contribution in [1.82, 2.24) is 4.72 Å². The number of unbranched alkanes of at least 4 members (excludes halogenated alkanes) is 3. The summed E-state index contributed by atoms with van der Waals surface area (Å²) in [4.78, 5) is 0.353. The lowest BCUT2D eigenvalue weighted by molar-refractivity contribution is 0.528. The summed E-state index contributed by atoms with van der Waals surface area (Å²) in [5.41, 5.74) is 1.06. The summed E-state index contributed by atoms with van der Waals surface area (Å²) < 4.78 is 28.2. The molecule has 0 aliphatic carbocycles. The van der Waals surface area contributed by atoms with Gasteiger partial charge in [-0.1, -0.05) is 72.9 Å². The molecular weight excluding hydrogens is 385 g/mol. The number of halogens is 1. The minimum absolute atomic E-state index is 0.0266. The van der Waals surface area contributed by atoms with Crippen molar-refractivity contribution in [2.75, 3.05) is 4.43 Å². The van der Waals surface area contributed by atoms with E-state index in [0.29, 0.717) is 4.90 Å². The average molecular weight is 409 g/mol. The number of hydrogen-bond acceptors (Lipinski definition) is 2. The SMILES string of the molecule is CCCCCCC(CI)NS(=O)(=O)c1ccc(C)cc1. The van der Waals surface area contributed by atoms with Gasteiger partial charge in [-0.2, -0.15) is 0 Å². The Morgan fingerprint density at radius 2 is 1.80 bits per heavy atom. The van der Waals surface area contributed by atoms with Gasteiger partial charge >= 0.3 is 0 Å². The number of benzene rings is 1. The Hall–Kier alpha value is -0.140. The lowest BCUT2D eigenvalue weighted by Crippen LogP contribution is -2.36. The zero-order chi connectivity index (χ0) is 15.0. The first-order valence-corrected chi connectivity index (χ1v) is 10.2. The van der Waals surface area contributed by atoms with Gasteiger partial charge in [-0.3, -0.25) is 0 Å². The minimum atomic E-state index is -3.39. The lowest BCUT2D eigenvalue weighted by atomic mass is 10.1. The van der Waals surface area contributed by atoms with E-state index in [1.165, 1.54) is 19.3 Å². The molecule has 1 aromatic rings. The van der Waals surface area contributed by atoms with Crippen molar-refractivity contribution in [3.8, 4) is 0 Å². The van der Waals surface area contributed by atoms with Gasteiger partial charge in [-0.15, -0.1) is 0 Å². The first kappa shape index (κ1) is 17.9. The van der Waals surface area contributed by atoms with Crippen molar-refractivity contribution >= 4 is 32.6 Å². The minimum Gasteiger partial charge on any atom is -0.207 e. The van der Waals surface area contributed by atoms with Gasteiger partial charge < -0.3 is 0 Å². The molecule has 0 heterocycles. The first-order chi connectivity index (χ1) is 9.49. The van der Waals surface area contributed by atoms with Crippen LogP contribution in [-0.4, -0.2) is 18.9 Å². The third-order valence-electron chi connectivity index (χ3n) is 3.25. The van der Waals surface area contributed by atoms with Crippen molar-refractivity contribution in [3.63, 3.8) is 0 Å². The first-order valence-electron chi connectivity index (χ1n) is 7.14. The summed E-state index contributed by atoms with van der Waals surface area (Å²) >= 11 is 2.25. The van der Waals surface area contributed by atoms with Crippen LogP contribution in [0.3, 0.4) is 0 Å². The van der Waals surface area contributed by atoms with Crippen molar-refractivity contribution in [1.29, 1.82) is 0 Å². The van der Waals surface area contributed by atoms with E-state index in [1.54, 1.807) is 12.1 Å². The van der Waals surface area contributed by atoms with E-state index < -0.39 is 10.0 Å². The molecule has 0 fully saturated rings. The quantitative estimate of drug-likeness (QED) is 0.380. The molecule has 114 valence electrons. The Balaban J connectivity index is 2.60. The Morgan fingerprint density at radius 3 is 2.35 bits per heavy atom. The molecule has 0 bridgehead atoms. The molecule has 0 saturated heterocycles. The van der Waals surface area contributed by atoms with Gasteiger partial charge in [0.1, 0.15) is 0 Å². The molecule has 1 rings (SSSR count). The molecule has 0 aromatic heterocycles. The summed E-state index contributed by atoms with van der Waals surface area (Å²) in [6.45, 7) is 4.13. The number of rotatable bonds is 9. The Morgan fingerprint density at radius 1 is 1.15 bits per heavy atom. The molecule has 1 unspecified atom stereocenters. The standard InChI is InChI=1S/C15H24INO2S/c1-3-4-5-6-7-14(12-16)17-20(18,19)15-10-8-13(2)9-11-15/h8-11,14,17H,3-7,12H2,1-2H3. The Kier molecular flexibility index (Phi) is 8.06. The summed E-state index contributed by atoms with van der Waals surface area (Å²) in [5, 5.41) is 0. The van der Waals surface area contributed by atoms with Crippen LogP contribution in [0.2, 0.25) is 0 Å². The van der Waals surface area contributed by atoms with Crippen LogP contribution < -0.4 is 4.72 Å². The molecule has 0 spiro atoms. The van der Waals surface area contributed by atoms with Gasteiger partial charge in [0, 0.05) is 10.5 Å². The highest BCUT2D eigenvalue weighted by atomic mass is 127. The van der Waals surface area contributed by atoms with Crippen molar-refractivity contribution < 1.29 is 8.42 Å². The van der Waals surface area contributed by atoms with Crippen molar-refractivity contribution in [2.45, 2.75) is 56.9 Å². The maximum absolute atomic E-state index is 12.3. The maximum atomic E-state index is 12.3. The average Bonchev–Trinajstić information content (AvgIpc) is 2.42. The molecule has 1 N–H and O–H groups in total. The smallest absolute Gasteiger partial charge is 0.207 e. The van der Waals surface area contributed by atoms with Gasteiger partial charge in [-0.05, 0) is 25.5 Å². The molecule has 0 aliphatic heterocycles. The number of nitrogens with one attached hydrogen (secondary N) is 1. The molecular formula is C15H24INO2S. The highest BCUT2D eigenvalue weighted by Crippen LogP contribution is 2.14. The third-order valence-corrected chi connectivity index (χ3v) is 5.85. The predicted molar refractivity (Wildman–Crippen MR) is 92.9 cm³/mol. The van der Waals surface area contributed by atoms with E-state index in [4.69, 9.17) is 0 Å². The van der Waals surface area contributed by atoms with E-state index in [2.05, 4.69) is 34.2 Å². The van der Waals surface area contributed by atoms with Gasteiger partial charge in [0.15, 0.2) is 0 Å². The van der Waals surface area contributed by atoms with Crippen molar-refractivity contribution in [2.24, 2.45) is 0 Å². The van der Waals surface area contributed by atoms with E-state index in [0.717, 1.165) is 22.8 Å². The van der Waals surface area contributed by atoms with Crippen LogP contribution in [0, 0.1) is 6.92 Å².